The molecule has 5 heteroatoms. The number of nitrogens with two attached hydrogens (primary N) is 1. The van der Waals surface area contributed by atoms with E-state index in [4.69, 9.17) is 15.6 Å². The molecule has 1 rings (SSSR count). The van der Waals surface area contributed by atoms with Gasteiger partial charge in [-0.3, -0.25) is 4.79 Å². The smallest absolute Gasteiger partial charge is 0.240 e. The zero-order valence-corrected chi connectivity index (χ0v) is 14.2. The minimum atomic E-state index is -0.861. The molecule has 0 bridgehead atoms. The van der Waals surface area contributed by atoms with E-state index < -0.39 is 5.54 Å². The highest BCUT2D eigenvalue weighted by Gasteiger charge is 2.62. The van der Waals surface area contributed by atoms with E-state index in [0.29, 0.717) is 19.6 Å². The molecular weight excluding hydrogens is 268 g/mol. The molecule has 0 aromatic heterocycles. The van der Waals surface area contributed by atoms with Crippen molar-refractivity contribution in [2.75, 3.05) is 19.8 Å². The van der Waals surface area contributed by atoms with Crippen LogP contribution in [0.3, 0.4) is 0 Å². The number of nitrogens with one attached hydrogen (secondary N) is 1. The van der Waals surface area contributed by atoms with Crippen LogP contribution in [0.25, 0.3) is 0 Å². The lowest BCUT2D eigenvalue weighted by molar-refractivity contribution is -0.171. The van der Waals surface area contributed by atoms with Gasteiger partial charge in [0, 0.05) is 31.6 Å². The summed E-state index contributed by atoms with van der Waals surface area (Å²) in [6.45, 7) is 11.5. The molecule has 0 heterocycles. The summed E-state index contributed by atoms with van der Waals surface area (Å²) in [4.78, 5) is 12.5. The van der Waals surface area contributed by atoms with Gasteiger partial charge in [0.2, 0.25) is 5.91 Å². The van der Waals surface area contributed by atoms with Crippen molar-refractivity contribution in [2.24, 2.45) is 16.6 Å². The van der Waals surface area contributed by atoms with Gasteiger partial charge in [-0.25, -0.2) is 0 Å². The summed E-state index contributed by atoms with van der Waals surface area (Å²) in [7, 11) is 0. The fourth-order valence-electron chi connectivity index (χ4n) is 2.94. The predicted octanol–water partition coefficient (Wildman–Crippen LogP) is 1.43. The molecule has 0 aromatic rings. The standard InChI is InChI=1S/C16H32N2O3/c1-6-21-12-10-16(17,15(12,4)5)13(20)18-11-14(2,3)8-7-9-19/h12,19H,6-11,17H2,1-5H3,(H,18,20). The number of aliphatic hydroxyl groups is 1. The van der Waals surface area contributed by atoms with E-state index in [1.54, 1.807) is 0 Å². The third kappa shape index (κ3) is 3.76. The first kappa shape index (κ1) is 18.4. The summed E-state index contributed by atoms with van der Waals surface area (Å²) in [6.07, 6.45) is 2.22. The zero-order valence-electron chi connectivity index (χ0n) is 14.2. The van der Waals surface area contributed by atoms with E-state index in [9.17, 15) is 4.79 Å². The number of hydrogen-bond donors (Lipinski definition) is 3. The normalized spacial score (nSPS) is 28.0. The Hall–Kier alpha value is -0.650. The molecule has 1 amide bonds. The van der Waals surface area contributed by atoms with Crippen molar-refractivity contribution in [1.29, 1.82) is 0 Å². The topological polar surface area (TPSA) is 84.6 Å². The quantitative estimate of drug-likeness (QED) is 0.633. The van der Waals surface area contributed by atoms with Crippen LogP contribution in [-0.2, 0) is 9.53 Å². The van der Waals surface area contributed by atoms with E-state index in [-0.39, 0.29) is 29.4 Å². The van der Waals surface area contributed by atoms with Gasteiger partial charge in [0.1, 0.15) is 5.54 Å². The van der Waals surface area contributed by atoms with E-state index >= 15 is 0 Å². The molecule has 1 aliphatic rings. The number of carbonyl (C=O) groups is 1. The highest BCUT2D eigenvalue weighted by Crippen LogP contribution is 2.49. The first-order valence-electron chi connectivity index (χ1n) is 7.90. The van der Waals surface area contributed by atoms with Crippen LogP contribution in [0.4, 0.5) is 0 Å². The Morgan fingerprint density at radius 2 is 2.10 bits per heavy atom. The second-order valence-corrected chi connectivity index (χ2v) is 7.52. The van der Waals surface area contributed by atoms with Gasteiger partial charge in [-0.2, -0.15) is 0 Å². The molecule has 0 radical (unpaired) electrons. The molecule has 124 valence electrons. The average molecular weight is 300 g/mol. The third-order valence-electron chi connectivity index (χ3n) is 4.97. The van der Waals surface area contributed by atoms with E-state index in [0.717, 1.165) is 12.8 Å². The first-order chi connectivity index (χ1) is 9.60. The lowest BCUT2D eigenvalue weighted by Gasteiger charge is -2.57. The number of hydrogen-bond acceptors (Lipinski definition) is 4. The van der Waals surface area contributed by atoms with Crippen molar-refractivity contribution in [3.63, 3.8) is 0 Å². The van der Waals surface area contributed by atoms with Crippen molar-refractivity contribution in [3.05, 3.63) is 0 Å². The summed E-state index contributed by atoms with van der Waals surface area (Å²) in [5.41, 5.74) is 5.08. The SMILES string of the molecule is CCOC1CC(N)(C(=O)NCC(C)(C)CCCO)C1(C)C. The summed E-state index contributed by atoms with van der Waals surface area (Å²) >= 11 is 0. The van der Waals surface area contributed by atoms with Gasteiger partial charge in [-0.15, -0.1) is 0 Å². The Balaban J connectivity index is 2.56. The van der Waals surface area contributed by atoms with Crippen LogP contribution >= 0.6 is 0 Å². The summed E-state index contributed by atoms with van der Waals surface area (Å²) in [5.74, 6) is -0.0967. The van der Waals surface area contributed by atoms with Gasteiger partial charge in [-0.1, -0.05) is 27.7 Å². The number of ether oxygens (including phenoxy) is 1. The van der Waals surface area contributed by atoms with Gasteiger partial charge in [0.25, 0.3) is 0 Å². The minimum Gasteiger partial charge on any atom is -0.396 e. The summed E-state index contributed by atoms with van der Waals surface area (Å²) in [5, 5.41) is 11.9. The number of amides is 1. The van der Waals surface area contributed by atoms with Gasteiger partial charge < -0.3 is 20.9 Å². The summed E-state index contributed by atoms with van der Waals surface area (Å²) < 4.78 is 5.65. The van der Waals surface area contributed by atoms with Crippen LogP contribution in [0.5, 0.6) is 0 Å². The number of carbonyl (C=O) groups excluding carboxylic acids is 1. The molecule has 1 aliphatic carbocycles. The maximum atomic E-state index is 12.5. The van der Waals surface area contributed by atoms with Crippen molar-refractivity contribution >= 4 is 5.91 Å². The lowest BCUT2D eigenvalue weighted by Crippen LogP contribution is -2.76. The fraction of sp³-hybridized carbons (Fsp3) is 0.938. The van der Waals surface area contributed by atoms with Crippen LogP contribution in [0.1, 0.15) is 53.9 Å². The van der Waals surface area contributed by atoms with Crippen molar-refractivity contribution < 1.29 is 14.6 Å². The van der Waals surface area contributed by atoms with Gasteiger partial charge in [0.15, 0.2) is 0 Å². The predicted molar refractivity (Wildman–Crippen MR) is 83.8 cm³/mol. The van der Waals surface area contributed by atoms with Crippen molar-refractivity contribution in [3.8, 4) is 0 Å². The van der Waals surface area contributed by atoms with Gasteiger partial charge in [0.05, 0.1) is 6.10 Å². The zero-order chi connectivity index (χ0) is 16.3. The first-order valence-corrected chi connectivity index (χ1v) is 7.90. The van der Waals surface area contributed by atoms with Gasteiger partial charge in [-0.05, 0) is 25.2 Å². The van der Waals surface area contributed by atoms with Crippen LogP contribution in [0.15, 0.2) is 0 Å². The van der Waals surface area contributed by atoms with Crippen molar-refractivity contribution in [1.82, 2.24) is 5.32 Å². The minimum absolute atomic E-state index is 0.0397. The van der Waals surface area contributed by atoms with Crippen molar-refractivity contribution in [2.45, 2.75) is 65.5 Å². The number of rotatable bonds is 8. The molecule has 4 N–H and O–H groups in total. The summed E-state index contributed by atoms with van der Waals surface area (Å²) in [6, 6.07) is 0. The highest BCUT2D eigenvalue weighted by atomic mass is 16.5. The molecule has 5 nitrogen and oxygen atoms in total. The van der Waals surface area contributed by atoms with E-state index in [1.165, 1.54) is 0 Å². The maximum absolute atomic E-state index is 12.5. The van der Waals surface area contributed by atoms with Crippen LogP contribution in [0, 0.1) is 10.8 Å². The average Bonchev–Trinajstić information content (AvgIpc) is 2.42. The molecule has 2 unspecified atom stereocenters. The highest BCUT2D eigenvalue weighted by molar-refractivity contribution is 5.88. The maximum Gasteiger partial charge on any atom is 0.240 e. The molecule has 2 atom stereocenters. The molecule has 1 fully saturated rings. The lowest BCUT2D eigenvalue weighted by atomic mass is 9.54. The molecule has 1 saturated carbocycles. The van der Waals surface area contributed by atoms with E-state index in [1.807, 2.05) is 20.8 Å². The Morgan fingerprint density at radius 1 is 1.48 bits per heavy atom. The third-order valence-corrected chi connectivity index (χ3v) is 4.97. The molecule has 0 spiro atoms. The van der Waals surface area contributed by atoms with Crippen LogP contribution in [0.2, 0.25) is 0 Å². The molecule has 21 heavy (non-hydrogen) atoms. The Morgan fingerprint density at radius 3 is 2.57 bits per heavy atom. The van der Waals surface area contributed by atoms with Crippen LogP contribution in [-0.4, -0.2) is 42.4 Å². The molecule has 0 aromatic carbocycles. The Kier molecular flexibility index (Phi) is 5.81. The molecule has 0 saturated heterocycles. The van der Waals surface area contributed by atoms with Gasteiger partial charge >= 0.3 is 0 Å². The number of aliphatic hydroxyl groups excluding tert-OH is 1. The monoisotopic (exact) mass is 300 g/mol. The molecular formula is C16H32N2O3. The second kappa shape index (κ2) is 6.63. The second-order valence-electron chi connectivity index (χ2n) is 7.52. The Labute approximate surface area is 128 Å². The van der Waals surface area contributed by atoms with E-state index in [2.05, 4.69) is 19.2 Å². The largest absolute Gasteiger partial charge is 0.396 e. The fourth-order valence-corrected chi connectivity index (χ4v) is 2.94. The Bertz CT molecular complexity index is 369. The van der Waals surface area contributed by atoms with Crippen LogP contribution < -0.4 is 11.1 Å². The molecule has 0 aliphatic heterocycles.